The second-order valence-corrected chi connectivity index (χ2v) is 6.68. The van der Waals surface area contributed by atoms with Gasteiger partial charge in [0, 0.05) is 11.5 Å². The normalized spacial score (nSPS) is 18.5. The van der Waals surface area contributed by atoms with Crippen LogP contribution in [-0.2, 0) is 18.8 Å². The third kappa shape index (κ3) is 4.50. The monoisotopic (exact) mass is 344 g/mol. The van der Waals surface area contributed by atoms with Crippen molar-refractivity contribution in [3.8, 4) is 11.8 Å². The largest absolute Gasteiger partial charge is 0.525 e. The van der Waals surface area contributed by atoms with E-state index in [0.29, 0.717) is 11.1 Å². The molecule has 0 aliphatic carbocycles. The molecule has 0 unspecified atom stereocenters. The Bertz CT molecular complexity index is 727. The molecule has 0 N–H and O–H groups in total. The van der Waals surface area contributed by atoms with Gasteiger partial charge in [-0.3, -0.25) is 0 Å². The predicted molar refractivity (Wildman–Crippen MR) is 95.1 cm³/mol. The Hall–Kier alpha value is -2.10. The summed E-state index contributed by atoms with van der Waals surface area (Å²) < 4.78 is 30.8. The second-order valence-electron chi connectivity index (χ2n) is 6.68. The van der Waals surface area contributed by atoms with Gasteiger partial charge in [0.1, 0.15) is 5.73 Å². The first-order valence-electron chi connectivity index (χ1n) is 8.17. The van der Waals surface area contributed by atoms with Crippen molar-refractivity contribution in [1.29, 1.82) is 0 Å². The lowest BCUT2D eigenvalue weighted by Gasteiger charge is -2.32. The standard InChI is InChI=1S/C19H22BFO4/c1-6-23-17(22)12-11-14-9-7-8-10-15(14)13-16(21)20-24-18(2,3)19(4,5)25-20/h7-10,13H,6H2,1-5H3. The molecule has 1 aliphatic rings. The van der Waals surface area contributed by atoms with Crippen molar-refractivity contribution in [2.45, 2.75) is 45.8 Å². The van der Waals surface area contributed by atoms with Crippen molar-refractivity contribution in [3.05, 3.63) is 41.1 Å². The van der Waals surface area contributed by atoms with Gasteiger partial charge >= 0.3 is 13.1 Å². The molecule has 1 aromatic carbocycles. The molecule has 6 heteroatoms. The molecule has 1 aliphatic heterocycles. The maximum Gasteiger partial charge on any atom is 0.525 e. The Morgan fingerprint density at radius 3 is 2.44 bits per heavy atom. The van der Waals surface area contributed by atoms with Crippen LogP contribution in [0.4, 0.5) is 4.39 Å². The van der Waals surface area contributed by atoms with E-state index in [1.54, 1.807) is 31.2 Å². The number of esters is 1. The van der Waals surface area contributed by atoms with Gasteiger partial charge in [0.25, 0.3) is 0 Å². The first-order chi connectivity index (χ1) is 11.7. The second kappa shape index (κ2) is 7.43. The van der Waals surface area contributed by atoms with Crippen molar-refractivity contribution in [1.82, 2.24) is 0 Å². The fraction of sp³-hybridized carbons (Fsp3) is 0.421. The van der Waals surface area contributed by atoms with Crippen molar-refractivity contribution < 1.29 is 23.2 Å². The zero-order chi connectivity index (χ0) is 18.7. The first-order valence-corrected chi connectivity index (χ1v) is 8.17. The Kier molecular flexibility index (Phi) is 5.71. The Balaban J connectivity index is 2.25. The van der Waals surface area contributed by atoms with Crippen LogP contribution >= 0.6 is 0 Å². The van der Waals surface area contributed by atoms with E-state index in [2.05, 4.69) is 11.8 Å². The molecule has 1 aromatic rings. The summed E-state index contributed by atoms with van der Waals surface area (Å²) in [4.78, 5) is 11.4. The van der Waals surface area contributed by atoms with E-state index in [4.69, 9.17) is 14.0 Å². The molecule has 0 spiro atoms. The summed E-state index contributed by atoms with van der Waals surface area (Å²) >= 11 is 0. The molecule has 0 amide bonds. The average molecular weight is 344 g/mol. The molecular formula is C19H22BFO4. The Morgan fingerprint density at radius 2 is 1.84 bits per heavy atom. The number of halogens is 1. The van der Waals surface area contributed by atoms with Gasteiger partial charge < -0.3 is 14.0 Å². The van der Waals surface area contributed by atoms with Crippen molar-refractivity contribution >= 4 is 19.2 Å². The first kappa shape index (κ1) is 19.2. The fourth-order valence-electron chi connectivity index (χ4n) is 2.19. The average Bonchev–Trinajstić information content (AvgIpc) is 2.75. The summed E-state index contributed by atoms with van der Waals surface area (Å²) in [5.74, 6) is 4.47. The molecule has 0 radical (unpaired) electrons. The van der Waals surface area contributed by atoms with E-state index >= 15 is 0 Å². The number of rotatable bonds is 3. The van der Waals surface area contributed by atoms with Gasteiger partial charge in [-0.2, -0.15) is 0 Å². The van der Waals surface area contributed by atoms with Gasteiger partial charge in [-0.25, -0.2) is 9.18 Å². The SMILES string of the molecule is CCOC(=O)C#Cc1ccccc1C=C(F)B1OC(C)(C)C(C)(C)O1. The molecule has 0 saturated carbocycles. The van der Waals surface area contributed by atoms with Crippen LogP contribution in [0.2, 0.25) is 0 Å². The third-order valence-electron chi connectivity index (χ3n) is 4.31. The molecular weight excluding hydrogens is 322 g/mol. The maximum absolute atomic E-state index is 14.7. The molecule has 132 valence electrons. The summed E-state index contributed by atoms with van der Waals surface area (Å²) in [7, 11) is -1.07. The number of carbonyl (C=O) groups excluding carboxylic acids is 1. The van der Waals surface area contributed by atoms with Crippen LogP contribution in [0, 0.1) is 11.8 Å². The summed E-state index contributed by atoms with van der Waals surface area (Å²) in [5.41, 5.74) is -0.740. The van der Waals surface area contributed by atoms with Gasteiger partial charge in [-0.15, -0.1) is 0 Å². The van der Waals surface area contributed by atoms with Crippen LogP contribution in [-0.4, -0.2) is 30.9 Å². The molecule has 2 rings (SSSR count). The van der Waals surface area contributed by atoms with E-state index in [1.165, 1.54) is 6.08 Å². The molecule has 1 fully saturated rings. The van der Waals surface area contributed by atoms with E-state index < -0.39 is 30.0 Å². The molecule has 0 bridgehead atoms. The summed E-state index contributed by atoms with van der Waals surface area (Å²) in [6.45, 7) is 9.40. The zero-order valence-corrected chi connectivity index (χ0v) is 15.2. The van der Waals surface area contributed by atoms with E-state index in [-0.39, 0.29) is 6.61 Å². The van der Waals surface area contributed by atoms with Crippen LogP contribution in [0.15, 0.2) is 30.0 Å². The minimum Gasteiger partial charge on any atom is -0.456 e. The Labute approximate surface area is 148 Å². The minimum atomic E-state index is -1.07. The zero-order valence-electron chi connectivity index (χ0n) is 15.2. The van der Waals surface area contributed by atoms with Gasteiger partial charge in [0.05, 0.1) is 17.8 Å². The fourth-order valence-corrected chi connectivity index (χ4v) is 2.19. The molecule has 1 saturated heterocycles. The van der Waals surface area contributed by atoms with Crippen LogP contribution in [0.25, 0.3) is 6.08 Å². The summed E-state index contributed by atoms with van der Waals surface area (Å²) in [6.07, 6.45) is 1.32. The van der Waals surface area contributed by atoms with Crippen molar-refractivity contribution in [2.75, 3.05) is 6.61 Å². The topological polar surface area (TPSA) is 44.8 Å². The van der Waals surface area contributed by atoms with Gasteiger partial charge in [-0.05, 0) is 52.3 Å². The van der Waals surface area contributed by atoms with Crippen LogP contribution in [0.1, 0.15) is 45.7 Å². The highest BCUT2D eigenvalue weighted by molar-refractivity contribution is 6.54. The van der Waals surface area contributed by atoms with Crippen LogP contribution in [0.3, 0.4) is 0 Å². The number of hydrogen-bond acceptors (Lipinski definition) is 4. The number of carbonyl (C=O) groups is 1. The van der Waals surface area contributed by atoms with Gasteiger partial charge in [0.2, 0.25) is 0 Å². The highest BCUT2D eigenvalue weighted by atomic mass is 19.1. The molecule has 25 heavy (non-hydrogen) atoms. The molecule has 4 nitrogen and oxygen atoms in total. The van der Waals surface area contributed by atoms with E-state index in [0.717, 1.165) is 0 Å². The Morgan fingerprint density at radius 1 is 1.24 bits per heavy atom. The predicted octanol–water partition coefficient (Wildman–Crippen LogP) is 3.54. The smallest absolute Gasteiger partial charge is 0.456 e. The molecule has 0 atom stereocenters. The highest BCUT2D eigenvalue weighted by Gasteiger charge is 2.53. The number of hydrogen-bond donors (Lipinski definition) is 0. The third-order valence-corrected chi connectivity index (χ3v) is 4.31. The van der Waals surface area contributed by atoms with Gasteiger partial charge in [-0.1, -0.05) is 24.1 Å². The van der Waals surface area contributed by atoms with Crippen molar-refractivity contribution in [2.24, 2.45) is 0 Å². The van der Waals surface area contributed by atoms with E-state index in [9.17, 15) is 9.18 Å². The number of benzene rings is 1. The minimum absolute atomic E-state index is 0.256. The van der Waals surface area contributed by atoms with Crippen LogP contribution < -0.4 is 0 Å². The summed E-state index contributed by atoms with van der Waals surface area (Å²) in [6, 6.07) is 6.94. The van der Waals surface area contributed by atoms with E-state index in [1.807, 2.05) is 27.7 Å². The maximum atomic E-state index is 14.7. The van der Waals surface area contributed by atoms with Crippen molar-refractivity contribution in [3.63, 3.8) is 0 Å². The highest BCUT2D eigenvalue weighted by Crippen LogP contribution is 2.39. The summed E-state index contributed by atoms with van der Waals surface area (Å²) in [5, 5.41) is 0. The number of ether oxygens (including phenoxy) is 1. The van der Waals surface area contributed by atoms with Gasteiger partial charge in [0.15, 0.2) is 0 Å². The van der Waals surface area contributed by atoms with Crippen LogP contribution in [0.5, 0.6) is 0 Å². The molecule has 1 heterocycles. The lowest BCUT2D eigenvalue weighted by Crippen LogP contribution is -2.41. The quantitative estimate of drug-likeness (QED) is 0.478. The lowest BCUT2D eigenvalue weighted by molar-refractivity contribution is -0.136. The molecule has 0 aromatic heterocycles. The lowest BCUT2D eigenvalue weighted by atomic mass is 9.86.